The number of rotatable bonds is 6. The Morgan fingerprint density at radius 1 is 1.73 bits per heavy atom. The van der Waals surface area contributed by atoms with Gasteiger partial charge in [0.1, 0.15) is 6.61 Å². The molecule has 0 fully saturated rings. The monoisotopic (exact) mass is 197 g/mol. The van der Waals surface area contributed by atoms with Crippen LogP contribution in [0.2, 0.25) is 0 Å². The Hall–Kier alpha value is 0.170. The Labute approximate surface area is 73.1 Å². The number of hydrogen-bond acceptors (Lipinski definition) is 4. The van der Waals surface area contributed by atoms with Crippen molar-refractivity contribution in [2.45, 2.75) is 6.42 Å². The zero-order valence-electron chi connectivity index (χ0n) is 6.08. The van der Waals surface area contributed by atoms with Crippen LogP contribution in [0.1, 0.15) is 6.42 Å². The Kier molecular flexibility index (Phi) is 8.40. The minimum atomic E-state index is -1.16. The van der Waals surface area contributed by atoms with Crippen LogP contribution < -0.4 is 10.2 Å². The summed E-state index contributed by atoms with van der Waals surface area (Å²) in [7, 11) is -1.16. The maximum atomic E-state index is 10.7. The van der Waals surface area contributed by atoms with Crippen LogP contribution in [-0.4, -0.2) is 24.8 Å². The lowest BCUT2D eigenvalue weighted by Crippen LogP contribution is -2.26. The fraction of sp³-hybridized carbons (Fsp3) is 0.800. The molecular formula is C5H12NO3PS. The van der Waals surface area contributed by atoms with E-state index in [4.69, 9.17) is 0 Å². The van der Waals surface area contributed by atoms with Gasteiger partial charge in [-0.1, -0.05) is 0 Å². The Morgan fingerprint density at radius 3 is 3.00 bits per heavy atom. The molecule has 0 aromatic heterocycles. The van der Waals surface area contributed by atoms with Crippen molar-refractivity contribution in [2.75, 3.05) is 18.9 Å². The highest BCUT2D eigenvalue weighted by Crippen LogP contribution is 1.94. The Bertz CT molecular complexity index is 114. The van der Waals surface area contributed by atoms with Crippen LogP contribution in [0.15, 0.2) is 0 Å². The second kappa shape index (κ2) is 8.27. The first-order valence-corrected chi connectivity index (χ1v) is 4.81. The summed E-state index contributed by atoms with van der Waals surface area (Å²) in [6.07, 6.45) is 0.410. The number of thiol groups is 1. The molecule has 0 saturated carbocycles. The fourth-order valence-electron chi connectivity index (χ4n) is 0.487. The highest BCUT2D eigenvalue weighted by atomic mass is 32.1. The van der Waals surface area contributed by atoms with Gasteiger partial charge in [-0.25, -0.2) is 4.52 Å². The average Bonchev–Trinajstić information content (AvgIpc) is 1.99. The molecule has 0 bridgehead atoms. The van der Waals surface area contributed by atoms with E-state index in [-0.39, 0.29) is 5.91 Å². The summed E-state index contributed by atoms with van der Waals surface area (Å²) >= 11 is 3.89. The van der Waals surface area contributed by atoms with E-state index < -0.39 is 9.03 Å². The zero-order chi connectivity index (χ0) is 8.53. The van der Waals surface area contributed by atoms with Crippen LogP contribution in [0, 0.1) is 0 Å². The molecule has 4 nitrogen and oxygen atoms in total. The SMILES string of the molecule is O=C(CCS)NCCO[PH2+][O-]. The molecule has 0 rings (SSSR count). The zero-order valence-corrected chi connectivity index (χ0v) is 8.13. The predicted octanol–water partition coefficient (Wildman–Crippen LogP) is -0.960. The highest BCUT2D eigenvalue weighted by molar-refractivity contribution is 7.80. The Morgan fingerprint density at radius 2 is 2.45 bits per heavy atom. The molecule has 1 atom stereocenters. The predicted molar refractivity (Wildman–Crippen MR) is 47.1 cm³/mol. The van der Waals surface area contributed by atoms with Crippen molar-refractivity contribution in [1.29, 1.82) is 0 Å². The van der Waals surface area contributed by atoms with Crippen molar-refractivity contribution >= 4 is 27.6 Å². The third kappa shape index (κ3) is 8.07. The molecule has 0 saturated heterocycles. The second-order valence-corrected chi connectivity index (χ2v) is 2.76. The van der Waals surface area contributed by atoms with Gasteiger partial charge >= 0.3 is 0 Å². The van der Waals surface area contributed by atoms with Crippen LogP contribution >= 0.6 is 21.7 Å². The summed E-state index contributed by atoms with van der Waals surface area (Å²) in [4.78, 5) is 20.6. The number of carbonyl (C=O) groups is 1. The van der Waals surface area contributed by atoms with Gasteiger partial charge in [0.25, 0.3) is 0 Å². The molecule has 0 aliphatic heterocycles. The van der Waals surface area contributed by atoms with Crippen molar-refractivity contribution in [1.82, 2.24) is 5.32 Å². The summed E-state index contributed by atoms with van der Waals surface area (Å²) in [5.74, 6) is 0.490. The molecule has 1 unspecified atom stereocenters. The summed E-state index contributed by atoms with van der Waals surface area (Å²) in [5.41, 5.74) is 0. The van der Waals surface area contributed by atoms with Gasteiger partial charge in [-0.2, -0.15) is 12.6 Å². The molecular weight excluding hydrogens is 185 g/mol. The van der Waals surface area contributed by atoms with Crippen LogP contribution in [-0.2, 0) is 9.32 Å². The van der Waals surface area contributed by atoms with Crippen LogP contribution in [0.5, 0.6) is 0 Å². The van der Waals surface area contributed by atoms with E-state index in [1.807, 2.05) is 0 Å². The molecule has 66 valence electrons. The summed E-state index contributed by atoms with van der Waals surface area (Å²) in [5, 5.41) is 2.58. The molecule has 0 radical (unpaired) electrons. The first-order chi connectivity index (χ1) is 5.31. The quantitative estimate of drug-likeness (QED) is 0.327. The minimum absolute atomic E-state index is 0.0514. The van der Waals surface area contributed by atoms with Gasteiger partial charge in [0.15, 0.2) is 0 Å². The van der Waals surface area contributed by atoms with E-state index in [9.17, 15) is 9.69 Å². The molecule has 11 heavy (non-hydrogen) atoms. The van der Waals surface area contributed by atoms with Gasteiger partial charge < -0.3 is 10.2 Å². The van der Waals surface area contributed by atoms with Gasteiger partial charge in [-0.05, 0) is 5.75 Å². The molecule has 0 heterocycles. The lowest BCUT2D eigenvalue weighted by atomic mass is 10.4. The normalized spacial score (nSPS) is 10.7. The number of carbonyl (C=O) groups excluding carboxylic acids is 1. The van der Waals surface area contributed by atoms with Crippen molar-refractivity contribution < 1.29 is 14.2 Å². The third-order valence-electron chi connectivity index (χ3n) is 0.949. The second-order valence-electron chi connectivity index (χ2n) is 1.79. The van der Waals surface area contributed by atoms with Crippen LogP contribution in [0.25, 0.3) is 0 Å². The standard InChI is InChI=1S/C5H12NO3PS/c7-5(1-4-11)6-2-3-9-10-8/h11H,1-4,10H2,(H,6,7). The van der Waals surface area contributed by atoms with Gasteiger partial charge in [0.05, 0.1) is 9.03 Å². The number of amides is 1. The van der Waals surface area contributed by atoms with Crippen molar-refractivity contribution in [3.05, 3.63) is 0 Å². The maximum absolute atomic E-state index is 10.7. The molecule has 1 amide bonds. The molecule has 0 aliphatic rings. The van der Waals surface area contributed by atoms with Gasteiger partial charge in [0, 0.05) is 13.0 Å². The van der Waals surface area contributed by atoms with E-state index in [1.165, 1.54) is 0 Å². The van der Waals surface area contributed by atoms with E-state index >= 15 is 0 Å². The summed E-state index contributed by atoms with van der Waals surface area (Å²) in [6.45, 7) is 0.735. The Balaban J connectivity index is 3.04. The van der Waals surface area contributed by atoms with E-state index in [0.29, 0.717) is 25.3 Å². The molecule has 6 heteroatoms. The molecule has 0 aliphatic carbocycles. The number of hydrogen-bond donors (Lipinski definition) is 2. The largest absolute Gasteiger partial charge is 0.659 e. The molecule has 0 spiro atoms. The van der Waals surface area contributed by atoms with E-state index in [2.05, 4.69) is 22.5 Å². The van der Waals surface area contributed by atoms with Crippen LogP contribution in [0.3, 0.4) is 0 Å². The molecule has 0 aromatic rings. The van der Waals surface area contributed by atoms with Crippen molar-refractivity contribution in [3.8, 4) is 0 Å². The smallest absolute Gasteiger partial charge is 0.220 e. The third-order valence-corrected chi connectivity index (χ3v) is 1.54. The summed E-state index contributed by atoms with van der Waals surface area (Å²) < 4.78 is 4.56. The first-order valence-electron chi connectivity index (χ1n) is 3.24. The van der Waals surface area contributed by atoms with E-state index in [0.717, 1.165) is 0 Å². The lowest BCUT2D eigenvalue weighted by molar-refractivity contribution is -0.169. The number of nitrogens with one attached hydrogen (secondary N) is 1. The average molecular weight is 197 g/mol. The molecule has 1 N–H and O–H groups in total. The molecule has 0 aromatic carbocycles. The van der Waals surface area contributed by atoms with Crippen molar-refractivity contribution in [3.63, 3.8) is 0 Å². The van der Waals surface area contributed by atoms with Gasteiger partial charge in [-0.15, -0.1) is 0 Å². The van der Waals surface area contributed by atoms with Gasteiger partial charge in [-0.3, -0.25) is 4.79 Å². The lowest BCUT2D eigenvalue weighted by Gasteiger charge is -2.01. The first kappa shape index (κ1) is 11.2. The summed E-state index contributed by atoms with van der Waals surface area (Å²) in [6, 6.07) is 0. The van der Waals surface area contributed by atoms with Crippen molar-refractivity contribution in [2.24, 2.45) is 0 Å². The maximum Gasteiger partial charge on any atom is 0.220 e. The fourth-order valence-corrected chi connectivity index (χ4v) is 0.905. The van der Waals surface area contributed by atoms with Gasteiger partial charge in [0.2, 0.25) is 5.91 Å². The minimum Gasteiger partial charge on any atom is -0.659 e. The van der Waals surface area contributed by atoms with Crippen LogP contribution in [0.4, 0.5) is 0 Å². The highest BCUT2D eigenvalue weighted by Gasteiger charge is 1.97. The topological polar surface area (TPSA) is 61.4 Å². The van der Waals surface area contributed by atoms with E-state index in [1.54, 1.807) is 0 Å².